The number of unbranched alkanes of at least 4 members (excludes halogenated alkanes) is 4. The first-order valence-corrected chi connectivity index (χ1v) is 13.2. The van der Waals surface area contributed by atoms with Crippen molar-refractivity contribution in [2.45, 2.75) is 81.7 Å². The van der Waals surface area contributed by atoms with Gasteiger partial charge in [0.05, 0.1) is 0 Å². The van der Waals surface area contributed by atoms with E-state index in [0.717, 1.165) is 16.2 Å². The molecule has 1 aromatic rings. The maximum atomic E-state index is 12.9. The summed E-state index contributed by atoms with van der Waals surface area (Å²) >= 11 is 1.82. The minimum atomic E-state index is -0.546. The van der Waals surface area contributed by atoms with E-state index in [0.29, 0.717) is 18.5 Å². The number of hydrogen-bond acceptors (Lipinski definition) is 5. The summed E-state index contributed by atoms with van der Waals surface area (Å²) < 4.78 is 0. The third-order valence-electron chi connectivity index (χ3n) is 6.86. The average Bonchev–Trinajstić information content (AvgIpc) is 3.13. The number of carbonyl (C=O) groups excluding carboxylic acids is 3. The van der Waals surface area contributed by atoms with E-state index in [9.17, 15) is 14.4 Å². The van der Waals surface area contributed by atoms with E-state index in [1.165, 1.54) is 71.0 Å². The van der Waals surface area contributed by atoms with Gasteiger partial charge >= 0.3 is 0 Å². The van der Waals surface area contributed by atoms with Gasteiger partial charge in [0.15, 0.2) is 0 Å². The lowest BCUT2D eigenvalue weighted by molar-refractivity contribution is -0.136. The van der Waals surface area contributed by atoms with E-state index in [2.05, 4.69) is 16.3 Å². The van der Waals surface area contributed by atoms with Crippen molar-refractivity contribution in [2.24, 2.45) is 0 Å². The number of carbonyl (C=O) groups is 3. The Labute approximate surface area is 195 Å². The Kier molecular flexibility index (Phi) is 8.25. The molecule has 1 unspecified atom stereocenters. The second-order valence-corrected chi connectivity index (χ2v) is 10.3. The van der Waals surface area contributed by atoms with Crippen molar-refractivity contribution >= 4 is 29.5 Å². The molecule has 2 saturated heterocycles. The Morgan fingerprint density at radius 2 is 1.75 bits per heavy atom. The fourth-order valence-corrected chi connectivity index (χ4v) is 6.12. The summed E-state index contributed by atoms with van der Waals surface area (Å²) in [5.41, 5.74) is 1.74. The molecule has 4 rings (SSSR count). The van der Waals surface area contributed by atoms with Crippen LogP contribution in [0.5, 0.6) is 0 Å². The van der Waals surface area contributed by atoms with Gasteiger partial charge in [-0.15, -0.1) is 11.8 Å². The van der Waals surface area contributed by atoms with Crippen LogP contribution in [0.3, 0.4) is 0 Å². The number of piperidine rings is 2. The zero-order valence-corrected chi connectivity index (χ0v) is 19.8. The highest BCUT2D eigenvalue weighted by atomic mass is 32.2. The molecule has 3 aliphatic rings. The fourth-order valence-electron chi connectivity index (χ4n) is 5.03. The van der Waals surface area contributed by atoms with Crippen LogP contribution in [0.25, 0.3) is 0 Å². The number of thioether (sulfide) groups is 1. The molecular weight excluding hydrogens is 422 g/mol. The normalized spacial score (nSPS) is 21.7. The number of nitrogens with one attached hydrogen (secondary N) is 1. The summed E-state index contributed by atoms with van der Waals surface area (Å²) in [6, 6.07) is 5.34. The predicted octanol–water partition coefficient (Wildman–Crippen LogP) is 3.98. The number of rotatable bonds is 10. The number of benzene rings is 1. The molecule has 3 aliphatic heterocycles. The summed E-state index contributed by atoms with van der Waals surface area (Å²) in [6.07, 6.45) is 11.2. The van der Waals surface area contributed by atoms with Gasteiger partial charge in [0.2, 0.25) is 11.8 Å². The van der Waals surface area contributed by atoms with Gasteiger partial charge in [-0.2, -0.15) is 0 Å². The molecule has 0 bridgehead atoms. The maximum absolute atomic E-state index is 12.9. The van der Waals surface area contributed by atoms with E-state index >= 15 is 0 Å². The monoisotopic (exact) mass is 457 g/mol. The van der Waals surface area contributed by atoms with Gasteiger partial charge in [0.1, 0.15) is 6.04 Å². The van der Waals surface area contributed by atoms with E-state index in [1.807, 2.05) is 23.9 Å². The molecule has 0 aliphatic carbocycles. The van der Waals surface area contributed by atoms with Crippen molar-refractivity contribution in [3.63, 3.8) is 0 Å². The second kappa shape index (κ2) is 11.3. The zero-order valence-electron chi connectivity index (χ0n) is 18.9. The van der Waals surface area contributed by atoms with Crippen molar-refractivity contribution in [3.05, 3.63) is 29.3 Å². The first kappa shape index (κ1) is 23.3. The molecule has 1 aromatic carbocycles. The van der Waals surface area contributed by atoms with Crippen LogP contribution in [0.2, 0.25) is 0 Å². The number of hydrogen-bond donors (Lipinski definition) is 1. The minimum absolute atomic E-state index is 0.0920. The van der Waals surface area contributed by atoms with Gasteiger partial charge in [0, 0.05) is 23.4 Å². The zero-order chi connectivity index (χ0) is 22.3. The molecule has 2 fully saturated rings. The number of imide groups is 1. The van der Waals surface area contributed by atoms with E-state index in [4.69, 9.17) is 0 Å². The van der Waals surface area contributed by atoms with Crippen LogP contribution in [0.15, 0.2) is 23.1 Å². The van der Waals surface area contributed by atoms with E-state index < -0.39 is 6.04 Å². The summed E-state index contributed by atoms with van der Waals surface area (Å²) in [7, 11) is 0. The van der Waals surface area contributed by atoms with Gasteiger partial charge in [-0.25, -0.2) is 0 Å². The summed E-state index contributed by atoms with van der Waals surface area (Å²) in [5, 5.41) is 2.37. The molecule has 3 heterocycles. The third kappa shape index (κ3) is 5.73. The van der Waals surface area contributed by atoms with Crippen molar-refractivity contribution < 1.29 is 14.4 Å². The fraction of sp³-hybridized carbons (Fsp3) is 0.640. The van der Waals surface area contributed by atoms with Crippen LogP contribution in [0.1, 0.15) is 80.1 Å². The Morgan fingerprint density at radius 1 is 0.969 bits per heavy atom. The van der Waals surface area contributed by atoms with Crippen molar-refractivity contribution in [1.29, 1.82) is 0 Å². The third-order valence-corrected chi connectivity index (χ3v) is 8.05. The highest BCUT2D eigenvalue weighted by Crippen LogP contribution is 2.34. The predicted molar refractivity (Wildman–Crippen MR) is 127 cm³/mol. The molecule has 174 valence electrons. The van der Waals surface area contributed by atoms with Crippen LogP contribution in [0.4, 0.5) is 0 Å². The highest BCUT2D eigenvalue weighted by molar-refractivity contribution is 7.99. The first-order valence-electron chi connectivity index (χ1n) is 12.2. The largest absolute Gasteiger partial charge is 0.322 e. The van der Waals surface area contributed by atoms with Gasteiger partial charge < -0.3 is 9.80 Å². The lowest BCUT2D eigenvalue weighted by Gasteiger charge is -2.29. The van der Waals surface area contributed by atoms with Crippen molar-refractivity contribution in [3.8, 4) is 0 Å². The molecule has 0 spiro atoms. The smallest absolute Gasteiger partial charge is 0.255 e. The number of nitrogens with zero attached hydrogens (tertiary/aromatic N) is 2. The van der Waals surface area contributed by atoms with Gasteiger partial charge in [0.25, 0.3) is 5.91 Å². The molecule has 32 heavy (non-hydrogen) atoms. The van der Waals surface area contributed by atoms with Crippen LogP contribution >= 0.6 is 11.8 Å². The molecule has 3 amide bonds. The summed E-state index contributed by atoms with van der Waals surface area (Å²) in [6.45, 7) is 4.31. The Bertz CT molecular complexity index is 838. The molecule has 1 N–H and O–H groups in total. The topological polar surface area (TPSA) is 69.7 Å². The molecule has 7 heteroatoms. The van der Waals surface area contributed by atoms with Gasteiger partial charge in [-0.3, -0.25) is 19.7 Å². The molecular formula is C25H35N3O3S. The van der Waals surface area contributed by atoms with Gasteiger partial charge in [-0.1, -0.05) is 31.7 Å². The van der Waals surface area contributed by atoms with Gasteiger partial charge in [-0.05, 0) is 75.2 Å². The number of fused-ring (bicyclic) bond motifs is 1. The average molecular weight is 458 g/mol. The van der Waals surface area contributed by atoms with E-state index in [-0.39, 0.29) is 24.1 Å². The van der Waals surface area contributed by atoms with Crippen LogP contribution in [-0.2, 0) is 16.1 Å². The SMILES string of the molecule is O=C1CCC(N2Cc3c(SCCCCCCCN4CCCCC4)cccc3C2=O)C(=O)N1. The summed E-state index contributed by atoms with van der Waals surface area (Å²) in [5.74, 6) is 0.357. The number of likely N-dealkylation sites (tertiary alicyclic amines) is 1. The second-order valence-electron chi connectivity index (χ2n) is 9.20. The molecule has 0 aromatic heterocycles. The van der Waals surface area contributed by atoms with E-state index in [1.54, 1.807) is 4.90 Å². The maximum Gasteiger partial charge on any atom is 0.255 e. The quantitative estimate of drug-likeness (QED) is 0.327. The van der Waals surface area contributed by atoms with Crippen LogP contribution in [0, 0.1) is 0 Å². The first-order chi connectivity index (χ1) is 15.6. The molecule has 0 saturated carbocycles. The molecule has 6 nitrogen and oxygen atoms in total. The molecule has 1 atom stereocenters. The van der Waals surface area contributed by atoms with Crippen LogP contribution < -0.4 is 5.32 Å². The Hall–Kier alpha value is -1.86. The van der Waals surface area contributed by atoms with Crippen LogP contribution in [-0.4, -0.2) is 59.0 Å². The lowest BCUT2D eigenvalue weighted by Crippen LogP contribution is -2.52. The molecule has 0 radical (unpaired) electrons. The summed E-state index contributed by atoms with van der Waals surface area (Å²) in [4.78, 5) is 42.0. The van der Waals surface area contributed by atoms with Crippen molar-refractivity contribution in [2.75, 3.05) is 25.4 Å². The standard InChI is InChI=1S/C25H35N3O3S/c29-23-13-12-21(24(30)26-23)28-18-20-19(25(28)31)10-9-11-22(20)32-17-8-3-1-2-5-14-27-15-6-4-7-16-27/h9-11,21H,1-8,12-18H2,(H,26,29,30). The lowest BCUT2D eigenvalue weighted by atomic mass is 10.0. The minimum Gasteiger partial charge on any atom is -0.322 e. The Balaban J connectivity index is 1.19. The highest BCUT2D eigenvalue weighted by Gasteiger charge is 2.39. The van der Waals surface area contributed by atoms with Crippen molar-refractivity contribution in [1.82, 2.24) is 15.1 Å². The number of amides is 3. The Morgan fingerprint density at radius 3 is 2.56 bits per heavy atom.